The van der Waals surface area contributed by atoms with Crippen LogP contribution >= 0.6 is 0 Å². The highest BCUT2D eigenvalue weighted by atomic mass is 16.5. The first-order chi connectivity index (χ1) is 9.63. The molecule has 20 heavy (non-hydrogen) atoms. The molecule has 1 aliphatic rings. The second kappa shape index (κ2) is 6.56. The van der Waals surface area contributed by atoms with Gasteiger partial charge in [-0.15, -0.1) is 0 Å². The van der Waals surface area contributed by atoms with E-state index in [0.29, 0.717) is 18.7 Å². The van der Waals surface area contributed by atoms with Crippen LogP contribution in [0.2, 0.25) is 0 Å². The van der Waals surface area contributed by atoms with Crippen molar-refractivity contribution in [3.63, 3.8) is 0 Å². The largest absolute Gasteiger partial charge is 0.375 e. The molecular formula is C16H20N2O2. The van der Waals surface area contributed by atoms with Crippen molar-refractivity contribution in [3.8, 4) is 11.8 Å². The van der Waals surface area contributed by atoms with Crippen molar-refractivity contribution in [2.45, 2.75) is 26.0 Å². The van der Waals surface area contributed by atoms with Crippen LogP contribution in [0.25, 0.3) is 0 Å². The second-order valence-electron chi connectivity index (χ2n) is 5.00. The maximum Gasteiger partial charge on any atom is 0.255 e. The molecule has 1 aliphatic heterocycles. The van der Waals surface area contributed by atoms with Crippen LogP contribution in [-0.2, 0) is 4.74 Å². The van der Waals surface area contributed by atoms with E-state index in [1.54, 1.807) is 0 Å². The van der Waals surface area contributed by atoms with Gasteiger partial charge < -0.3 is 15.4 Å². The molecule has 0 saturated carbocycles. The lowest BCUT2D eigenvalue weighted by atomic mass is 10.0. The first kappa shape index (κ1) is 14.6. The number of amides is 1. The minimum absolute atomic E-state index is 0.00886. The van der Waals surface area contributed by atoms with Gasteiger partial charge in [-0.1, -0.05) is 24.0 Å². The fraction of sp³-hybridized carbons (Fsp3) is 0.438. The molecule has 4 nitrogen and oxygen atoms in total. The Labute approximate surface area is 119 Å². The number of carbonyl (C=O) groups is 1. The van der Waals surface area contributed by atoms with E-state index in [1.165, 1.54) is 0 Å². The molecule has 1 amide bonds. The number of nitrogens with zero attached hydrogens (tertiary/aromatic N) is 1. The van der Waals surface area contributed by atoms with Crippen LogP contribution < -0.4 is 5.73 Å². The van der Waals surface area contributed by atoms with Gasteiger partial charge in [0.25, 0.3) is 5.91 Å². The molecule has 0 radical (unpaired) electrons. The fourth-order valence-electron chi connectivity index (χ4n) is 2.27. The Hall–Kier alpha value is -1.83. The van der Waals surface area contributed by atoms with E-state index >= 15 is 0 Å². The van der Waals surface area contributed by atoms with Crippen molar-refractivity contribution in [2.24, 2.45) is 5.73 Å². The van der Waals surface area contributed by atoms with E-state index in [9.17, 15) is 4.79 Å². The smallest absolute Gasteiger partial charge is 0.255 e. The second-order valence-corrected chi connectivity index (χ2v) is 5.00. The summed E-state index contributed by atoms with van der Waals surface area (Å²) in [4.78, 5) is 14.6. The van der Waals surface area contributed by atoms with E-state index < -0.39 is 0 Å². The zero-order valence-electron chi connectivity index (χ0n) is 11.9. The van der Waals surface area contributed by atoms with E-state index in [2.05, 4.69) is 11.8 Å². The number of hydrogen-bond acceptors (Lipinski definition) is 3. The number of morpholine rings is 1. The molecule has 2 N–H and O–H groups in total. The molecule has 0 aromatic heterocycles. The highest BCUT2D eigenvalue weighted by Gasteiger charge is 2.29. The van der Waals surface area contributed by atoms with Crippen LogP contribution in [0.4, 0.5) is 0 Å². The Morgan fingerprint density at radius 1 is 1.45 bits per heavy atom. The lowest BCUT2D eigenvalue weighted by Gasteiger charge is -2.37. The van der Waals surface area contributed by atoms with Crippen molar-refractivity contribution in [2.75, 3.05) is 19.7 Å². The summed E-state index contributed by atoms with van der Waals surface area (Å²) < 4.78 is 5.56. The summed E-state index contributed by atoms with van der Waals surface area (Å²) in [5.41, 5.74) is 6.76. The summed E-state index contributed by atoms with van der Waals surface area (Å²) >= 11 is 0. The quantitative estimate of drug-likeness (QED) is 0.783. The fourth-order valence-corrected chi connectivity index (χ4v) is 2.27. The van der Waals surface area contributed by atoms with Gasteiger partial charge in [0.05, 0.1) is 30.9 Å². The molecule has 1 aromatic rings. The van der Waals surface area contributed by atoms with Crippen LogP contribution in [0, 0.1) is 11.8 Å². The summed E-state index contributed by atoms with van der Waals surface area (Å²) in [6.07, 6.45) is 0.0671. The average molecular weight is 272 g/mol. The molecule has 1 fully saturated rings. The molecule has 0 bridgehead atoms. The number of ether oxygens (including phenoxy) is 1. The maximum atomic E-state index is 12.7. The van der Waals surface area contributed by atoms with E-state index in [0.717, 1.165) is 5.56 Å². The van der Waals surface area contributed by atoms with Gasteiger partial charge in [0, 0.05) is 12.1 Å². The van der Waals surface area contributed by atoms with Crippen molar-refractivity contribution < 1.29 is 9.53 Å². The van der Waals surface area contributed by atoms with Gasteiger partial charge in [0.1, 0.15) is 0 Å². The third kappa shape index (κ3) is 3.19. The molecule has 106 valence electrons. The van der Waals surface area contributed by atoms with Crippen LogP contribution in [0.1, 0.15) is 29.8 Å². The van der Waals surface area contributed by atoms with Crippen LogP contribution in [-0.4, -0.2) is 42.6 Å². The standard InChI is InChI=1S/C16H20N2O2/c1-12-11-20-13(2)10-18(12)16(19)15-8-4-3-6-14(15)7-5-9-17/h3-4,6,8,12-13H,9-11,17H2,1-2H3. The Balaban J connectivity index is 2.28. The number of benzene rings is 1. The van der Waals surface area contributed by atoms with Gasteiger partial charge in [-0.3, -0.25) is 4.79 Å². The first-order valence-corrected chi connectivity index (χ1v) is 6.84. The zero-order valence-corrected chi connectivity index (χ0v) is 11.9. The van der Waals surface area contributed by atoms with E-state index in [4.69, 9.17) is 10.5 Å². The van der Waals surface area contributed by atoms with E-state index in [-0.39, 0.29) is 24.6 Å². The van der Waals surface area contributed by atoms with E-state index in [1.807, 2.05) is 43.0 Å². The Morgan fingerprint density at radius 2 is 2.20 bits per heavy atom. The van der Waals surface area contributed by atoms with Gasteiger partial charge in [0.15, 0.2) is 0 Å². The Kier molecular flexibility index (Phi) is 4.78. The first-order valence-electron chi connectivity index (χ1n) is 6.84. The predicted octanol–water partition coefficient (Wildman–Crippen LogP) is 1.25. The topological polar surface area (TPSA) is 55.6 Å². The van der Waals surface area contributed by atoms with Crippen molar-refractivity contribution in [1.82, 2.24) is 4.90 Å². The van der Waals surface area contributed by atoms with Crippen molar-refractivity contribution in [3.05, 3.63) is 35.4 Å². The highest BCUT2D eigenvalue weighted by Crippen LogP contribution is 2.17. The highest BCUT2D eigenvalue weighted by molar-refractivity contribution is 5.97. The van der Waals surface area contributed by atoms with Gasteiger partial charge in [-0.2, -0.15) is 0 Å². The minimum Gasteiger partial charge on any atom is -0.375 e. The number of nitrogens with two attached hydrogens (primary N) is 1. The summed E-state index contributed by atoms with van der Waals surface area (Å²) in [6, 6.07) is 7.48. The lowest BCUT2D eigenvalue weighted by molar-refractivity contribution is -0.0387. The van der Waals surface area contributed by atoms with Gasteiger partial charge in [-0.05, 0) is 26.0 Å². The number of hydrogen-bond donors (Lipinski definition) is 1. The Morgan fingerprint density at radius 3 is 2.95 bits per heavy atom. The van der Waals surface area contributed by atoms with Crippen LogP contribution in [0.15, 0.2) is 24.3 Å². The SMILES string of the molecule is CC1CN(C(=O)c2ccccc2C#CCN)C(C)CO1. The van der Waals surface area contributed by atoms with Crippen LogP contribution in [0.3, 0.4) is 0 Å². The summed E-state index contributed by atoms with van der Waals surface area (Å²) in [7, 11) is 0. The Bertz CT molecular complexity index is 545. The number of carbonyl (C=O) groups excluding carboxylic acids is 1. The third-order valence-electron chi connectivity index (χ3n) is 3.35. The predicted molar refractivity (Wildman–Crippen MR) is 78.3 cm³/mol. The number of rotatable bonds is 1. The van der Waals surface area contributed by atoms with Gasteiger partial charge in [-0.25, -0.2) is 0 Å². The molecule has 2 atom stereocenters. The molecule has 2 rings (SSSR count). The summed E-state index contributed by atoms with van der Waals surface area (Å²) in [6.45, 7) is 5.44. The van der Waals surface area contributed by atoms with Crippen LogP contribution in [0.5, 0.6) is 0 Å². The molecule has 4 heteroatoms. The third-order valence-corrected chi connectivity index (χ3v) is 3.35. The molecule has 0 aliphatic carbocycles. The minimum atomic E-state index is 0.00886. The average Bonchev–Trinajstić information content (AvgIpc) is 2.47. The molecule has 2 unspecified atom stereocenters. The molecule has 1 heterocycles. The normalized spacial score (nSPS) is 22.1. The van der Waals surface area contributed by atoms with Gasteiger partial charge >= 0.3 is 0 Å². The summed E-state index contributed by atoms with van der Waals surface area (Å²) in [5, 5.41) is 0. The summed E-state index contributed by atoms with van der Waals surface area (Å²) in [5.74, 6) is 5.78. The van der Waals surface area contributed by atoms with Gasteiger partial charge in [0.2, 0.25) is 0 Å². The maximum absolute atomic E-state index is 12.7. The molecular weight excluding hydrogens is 252 g/mol. The van der Waals surface area contributed by atoms with Crippen molar-refractivity contribution >= 4 is 5.91 Å². The molecule has 1 aromatic carbocycles. The van der Waals surface area contributed by atoms with Crippen molar-refractivity contribution in [1.29, 1.82) is 0 Å². The zero-order chi connectivity index (χ0) is 14.5. The molecule has 0 spiro atoms. The molecule has 1 saturated heterocycles. The monoisotopic (exact) mass is 272 g/mol. The lowest BCUT2D eigenvalue weighted by Crippen LogP contribution is -2.50.